The molecule has 0 saturated carbocycles. The molecule has 6 heteroatoms. The molecule has 0 radical (unpaired) electrons. The molecule has 0 aliphatic heterocycles. The highest BCUT2D eigenvalue weighted by Gasteiger charge is 2.21. The van der Waals surface area contributed by atoms with Crippen molar-refractivity contribution in [2.45, 2.75) is 0 Å². The van der Waals surface area contributed by atoms with Crippen LogP contribution < -0.4 is 0 Å². The lowest BCUT2D eigenvalue weighted by atomic mass is 10.0. The first-order chi connectivity index (χ1) is 30.7. The Hall–Kier alpha value is -8.06. The molecular weight excluding hydrogens is 775 g/mol. The predicted octanol–water partition coefficient (Wildman–Crippen LogP) is 14.7. The lowest BCUT2D eigenvalue weighted by Gasteiger charge is -2.15. The Balaban J connectivity index is 1.16. The van der Waals surface area contributed by atoms with Crippen LogP contribution >= 0.6 is 11.3 Å². The maximum atomic E-state index is 5.32. The molecule has 0 atom stereocenters. The van der Waals surface area contributed by atoms with E-state index in [1.807, 2.05) is 35.6 Å². The van der Waals surface area contributed by atoms with E-state index in [9.17, 15) is 0 Å². The summed E-state index contributed by atoms with van der Waals surface area (Å²) < 4.78 is 4.96. The maximum absolute atomic E-state index is 5.32. The fraction of sp³-hybridized carbons (Fsp3) is 0. The van der Waals surface area contributed by atoms with Gasteiger partial charge < -0.3 is 4.57 Å². The minimum Gasteiger partial charge on any atom is -0.309 e. The van der Waals surface area contributed by atoms with Crippen LogP contribution in [0.1, 0.15) is 0 Å². The summed E-state index contributed by atoms with van der Waals surface area (Å²) in [7, 11) is 0. The van der Waals surface area contributed by atoms with Gasteiger partial charge in [-0.15, -0.1) is 11.3 Å². The first-order valence-corrected chi connectivity index (χ1v) is 21.5. The largest absolute Gasteiger partial charge is 0.309 e. The van der Waals surface area contributed by atoms with Gasteiger partial charge in [-0.2, -0.15) is 0 Å². The second kappa shape index (κ2) is 14.9. The van der Waals surface area contributed by atoms with Crippen LogP contribution in [-0.2, 0) is 0 Å². The summed E-state index contributed by atoms with van der Waals surface area (Å²) >= 11 is 1.86. The molecule has 290 valence electrons. The second-order valence-electron chi connectivity index (χ2n) is 15.4. The number of aromatic nitrogens is 5. The summed E-state index contributed by atoms with van der Waals surface area (Å²) in [4.78, 5) is 21.3. The lowest BCUT2D eigenvalue weighted by molar-refractivity contribution is 1.14. The molecule has 12 aromatic rings. The van der Waals surface area contributed by atoms with Crippen molar-refractivity contribution < 1.29 is 0 Å². The number of para-hydroxylation sites is 1. The predicted molar refractivity (Wildman–Crippen MR) is 257 cm³/mol. The minimum absolute atomic E-state index is 0.614. The minimum atomic E-state index is 0.614. The number of nitrogens with zero attached hydrogens (tertiary/aromatic N) is 5. The molecule has 62 heavy (non-hydrogen) atoms. The average Bonchev–Trinajstić information content (AvgIpc) is 3.91. The molecule has 0 aliphatic rings. The first-order valence-electron chi connectivity index (χ1n) is 20.7. The fourth-order valence-electron chi connectivity index (χ4n) is 8.69. The molecule has 8 aromatic carbocycles. The molecule has 0 fully saturated rings. The summed E-state index contributed by atoms with van der Waals surface area (Å²) in [6.45, 7) is 0. The Bertz CT molecular complexity index is 3360. The quantitative estimate of drug-likeness (QED) is 0.161. The van der Waals surface area contributed by atoms with E-state index in [2.05, 4.69) is 193 Å². The Morgan fingerprint density at radius 1 is 0.323 bits per heavy atom. The molecule has 0 saturated heterocycles. The third kappa shape index (κ3) is 6.24. The van der Waals surface area contributed by atoms with E-state index in [0.29, 0.717) is 11.6 Å². The molecule has 4 heterocycles. The van der Waals surface area contributed by atoms with E-state index in [1.165, 1.54) is 30.9 Å². The standard InChI is InChI=1S/C56H35N5S/c1-5-17-36(18-6-1)46-34-47(37-19-7-2-8-20-37)58-55(57-46)40-31-41(56-59-48(38-21-9-3-10-22-38)35-49(60-56)39-23-11-4-12-24-39)33-42(32-40)61-50-27-15-13-26-45(50)53-51(61)30-29-44-43-25-14-16-28-52(43)62-54(44)53/h1-35H. The van der Waals surface area contributed by atoms with Gasteiger partial charge in [0.25, 0.3) is 0 Å². The van der Waals surface area contributed by atoms with Crippen LogP contribution in [0, 0.1) is 0 Å². The van der Waals surface area contributed by atoms with Gasteiger partial charge in [0.2, 0.25) is 0 Å². The molecule has 0 aliphatic carbocycles. The summed E-state index contributed by atoms with van der Waals surface area (Å²) in [6.07, 6.45) is 0. The van der Waals surface area contributed by atoms with Crippen LogP contribution in [-0.4, -0.2) is 24.5 Å². The van der Waals surface area contributed by atoms with E-state index < -0.39 is 0 Å². The topological polar surface area (TPSA) is 56.5 Å². The van der Waals surface area contributed by atoms with Crippen molar-refractivity contribution >= 4 is 53.3 Å². The Labute approximate surface area is 361 Å². The summed E-state index contributed by atoms with van der Waals surface area (Å²) in [5.41, 5.74) is 12.4. The third-order valence-corrected chi connectivity index (χ3v) is 12.8. The van der Waals surface area contributed by atoms with Crippen molar-refractivity contribution in [3.8, 4) is 73.5 Å². The molecule has 0 amide bonds. The highest BCUT2D eigenvalue weighted by Crippen LogP contribution is 2.44. The number of hydrogen-bond donors (Lipinski definition) is 0. The SMILES string of the molecule is c1ccc(-c2cc(-c3ccccc3)nc(-c3cc(-c4nc(-c5ccccc5)cc(-c5ccccc5)n4)cc(-n4c5ccccc5c5c6sc7ccccc7c6ccc54)c3)n2)cc1. The average molecular weight is 810 g/mol. The number of benzene rings is 8. The number of fused-ring (bicyclic) bond motifs is 7. The number of rotatable bonds is 7. The van der Waals surface area contributed by atoms with Gasteiger partial charge in [0, 0.05) is 70.0 Å². The molecule has 0 spiro atoms. The van der Waals surface area contributed by atoms with Gasteiger partial charge in [0.15, 0.2) is 11.6 Å². The van der Waals surface area contributed by atoms with Gasteiger partial charge in [0.05, 0.1) is 33.8 Å². The molecule has 0 unspecified atom stereocenters. The Morgan fingerprint density at radius 3 is 1.26 bits per heavy atom. The molecule has 0 N–H and O–H groups in total. The number of hydrogen-bond acceptors (Lipinski definition) is 5. The van der Waals surface area contributed by atoms with Gasteiger partial charge in [0.1, 0.15) is 0 Å². The van der Waals surface area contributed by atoms with Crippen molar-refractivity contribution in [1.82, 2.24) is 24.5 Å². The smallest absolute Gasteiger partial charge is 0.160 e. The van der Waals surface area contributed by atoms with Gasteiger partial charge in [-0.1, -0.05) is 164 Å². The fourth-order valence-corrected chi connectivity index (χ4v) is 9.95. The normalized spacial score (nSPS) is 11.5. The molecule has 0 bridgehead atoms. The van der Waals surface area contributed by atoms with Gasteiger partial charge in [-0.25, -0.2) is 19.9 Å². The summed E-state index contributed by atoms with van der Waals surface area (Å²) in [6, 6.07) is 74.1. The monoisotopic (exact) mass is 809 g/mol. The third-order valence-electron chi connectivity index (χ3n) is 11.6. The van der Waals surface area contributed by atoms with Crippen molar-refractivity contribution in [1.29, 1.82) is 0 Å². The van der Waals surface area contributed by atoms with Crippen molar-refractivity contribution in [3.63, 3.8) is 0 Å². The zero-order chi connectivity index (χ0) is 41.0. The Kier molecular flexibility index (Phi) is 8.61. The van der Waals surface area contributed by atoms with E-state index in [-0.39, 0.29) is 0 Å². The summed E-state index contributed by atoms with van der Waals surface area (Å²) in [5, 5.41) is 5.00. The Morgan fingerprint density at radius 2 is 0.758 bits per heavy atom. The van der Waals surface area contributed by atoms with Gasteiger partial charge >= 0.3 is 0 Å². The maximum Gasteiger partial charge on any atom is 0.160 e. The zero-order valence-electron chi connectivity index (χ0n) is 33.4. The van der Waals surface area contributed by atoms with Crippen LogP contribution in [0.4, 0.5) is 0 Å². The van der Waals surface area contributed by atoms with Crippen LogP contribution in [0.25, 0.3) is 115 Å². The van der Waals surface area contributed by atoms with Crippen LogP contribution in [0.2, 0.25) is 0 Å². The van der Waals surface area contributed by atoms with E-state index >= 15 is 0 Å². The van der Waals surface area contributed by atoms with Crippen molar-refractivity contribution in [2.24, 2.45) is 0 Å². The van der Waals surface area contributed by atoms with Crippen LogP contribution in [0.3, 0.4) is 0 Å². The second-order valence-corrected chi connectivity index (χ2v) is 16.5. The van der Waals surface area contributed by atoms with Gasteiger partial charge in [-0.05, 0) is 48.5 Å². The highest BCUT2D eigenvalue weighted by molar-refractivity contribution is 7.26. The van der Waals surface area contributed by atoms with Gasteiger partial charge in [-0.3, -0.25) is 0 Å². The van der Waals surface area contributed by atoms with Crippen molar-refractivity contribution in [2.75, 3.05) is 0 Å². The first kappa shape index (κ1) is 35.8. The zero-order valence-corrected chi connectivity index (χ0v) is 34.2. The molecule has 12 rings (SSSR count). The number of thiophene rings is 1. The lowest BCUT2D eigenvalue weighted by Crippen LogP contribution is -2.01. The molecular formula is C56H35N5S. The van der Waals surface area contributed by atoms with Crippen LogP contribution in [0.15, 0.2) is 212 Å². The molecule has 4 aromatic heterocycles. The van der Waals surface area contributed by atoms with Crippen LogP contribution in [0.5, 0.6) is 0 Å². The molecule has 5 nitrogen and oxygen atoms in total. The van der Waals surface area contributed by atoms with E-state index in [0.717, 1.165) is 72.9 Å². The van der Waals surface area contributed by atoms with E-state index in [1.54, 1.807) is 0 Å². The van der Waals surface area contributed by atoms with E-state index in [4.69, 9.17) is 19.9 Å². The van der Waals surface area contributed by atoms with Crippen molar-refractivity contribution in [3.05, 3.63) is 212 Å². The summed E-state index contributed by atoms with van der Waals surface area (Å²) in [5.74, 6) is 1.23. The highest BCUT2D eigenvalue weighted by atomic mass is 32.1.